The van der Waals surface area contributed by atoms with Crippen molar-refractivity contribution < 1.29 is 9.53 Å². The highest BCUT2D eigenvalue weighted by atomic mass is 16.5. The number of carbonyl (C=O) groups is 1. The third-order valence-corrected chi connectivity index (χ3v) is 1.16. The Balaban J connectivity index is 0. The van der Waals surface area contributed by atoms with Crippen molar-refractivity contribution >= 4 is 6.29 Å². The number of rotatable bonds is 1. The van der Waals surface area contributed by atoms with Crippen LogP contribution in [0.15, 0.2) is 0 Å². The van der Waals surface area contributed by atoms with Gasteiger partial charge >= 0.3 is 0 Å². The molecule has 0 spiro atoms. The summed E-state index contributed by atoms with van der Waals surface area (Å²) in [6.45, 7) is 5.41. The number of aldehydes is 1. The molecule has 1 saturated heterocycles. The molecule has 1 N–H and O–H groups in total. The summed E-state index contributed by atoms with van der Waals surface area (Å²) < 4.78 is 4.92. The van der Waals surface area contributed by atoms with Crippen LogP contribution < -0.4 is 5.32 Å². The second kappa shape index (κ2) is 13.2. The first-order valence-electron chi connectivity index (χ1n) is 4.46. The third-order valence-electron chi connectivity index (χ3n) is 1.16. The smallest absolute Gasteiger partial charge is 0.125 e. The number of carbonyl (C=O) groups excluding carboxylic acids is 1. The van der Waals surface area contributed by atoms with Gasteiger partial charge in [0.1, 0.15) is 6.29 Å². The highest BCUT2D eigenvalue weighted by molar-refractivity contribution is 5.53. The minimum Gasteiger partial charge on any atom is -0.381 e. The summed E-state index contributed by atoms with van der Waals surface area (Å²) in [6, 6.07) is 0. The molecule has 0 aromatic carbocycles. The molecule has 1 rings (SSSR count). The molecule has 74 valence electrons. The lowest BCUT2D eigenvalue weighted by atomic mass is 10.2. The zero-order valence-corrected chi connectivity index (χ0v) is 8.59. The molecule has 1 fully saturated rings. The maximum atomic E-state index is 9.93. The molecular weight excluding hydrogens is 154 g/mol. The van der Waals surface area contributed by atoms with Crippen LogP contribution in [0.25, 0.3) is 0 Å². The largest absolute Gasteiger partial charge is 0.381 e. The van der Waals surface area contributed by atoms with E-state index in [9.17, 15) is 4.79 Å². The zero-order valence-electron chi connectivity index (χ0n) is 8.59. The molecule has 1 unspecified atom stereocenters. The van der Waals surface area contributed by atoms with Gasteiger partial charge in [-0.05, 0) is 20.5 Å². The van der Waals surface area contributed by atoms with Crippen molar-refractivity contribution in [3.63, 3.8) is 0 Å². The quantitative estimate of drug-likeness (QED) is 0.606. The predicted molar refractivity (Wildman–Crippen MR) is 51.3 cm³/mol. The molecule has 1 aliphatic heterocycles. The molecule has 1 heterocycles. The first kappa shape index (κ1) is 14.1. The minimum atomic E-state index is 0.194. The SMILES string of the molecule is CC.CNC.O=CC1CCOC1. The Morgan fingerprint density at radius 2 is 1.92 bits per heavy atom. The van der Waals surface area contributed by atoms with Gasteiger partial charge in [0.05, 0.1) is 6.61 Å². The first-order chi connectivity index (χ1) is 5.85. The van der Waals surface area contributed by atoms with Crippen molar-refractivity contribution in [1.82, 2.24) is 5.32 Å². The van der Waals surface area contributed by atoms with E-state index in [1.165, 1.54) is 0 Å². The lowest BCUT2D eigenvalue weighted by molar-refractivity contribution is -0.111. The molecule has 3 nitrogen and oxygen atoms in total. The van der Waals surface area contributed by atoms with Crippen molar-refractivity contribution in [2.45, 2.75) is 20.3 Å². The molecule has 0 radical (unpaired) electrons. The van der Waals surface area contributed by atoms with Gasteiger partial charge < -0.3 is 14.8 Å². The van der Waals surface area contributed by atoms with Crippen LogP contribution in [-0.4, -0.2) is 33.6 Å². The normalized spacial score (nSPS) is 19.8. The molecule has 0 amide bonds. The van der Waals surface area contributed by atoms with Gasteiger partial charge in [-0.2, -0.15) is 0 Å². The van der Waals surface area contributed by atoms with Crippen LogP contribution in [0.2, 0.25) is 0 Å². The summed E-state index contributed by atoms with van der Waals surface area (Å²) in [4.78, 5) is 9.93. The highest BCUT2D eigenvalue weighted by Crippen LogP contribution is 2.07. The molecule has 3 heteroatoms. The fourth-order valence-electron chi connectivity index (χ4n) is 0.660. The summed E-state index contributed by atoms with van der Waals surface area (Å²) in [6.07, 6.45) is 1.89. The summed E-state index contributed by atoms with van der Waals surface area (Å²) in [5.74, 6) is 0.194. The lowest BCUT2D eigenvalue weighted by Crippen LogP contribution is -1.98. The minimum absolute atomic E-state index is 0.194. The fraction of sp³-hybridized carbons (Fsp3) is 0.889. The molecule has 0 aromatic heterocycles. The molecule has 0 bridgehead atoms. The van der Waals surface area contributed by atoms with E-state index in [2.05, 4.69) is 5.32 Å². The average Bonchev–Trinajstić information content (AvgIpc) is 2.61. The van der Waals surface area contributed by atoms with E-state index in [1.54, 1.807) is 0 Å². The molecule has 1 aliphatic rings. The maximum absolute atomic E-state index is 9.93. The van der Waals surface area contributed by atoms with Gasteiger partial charge in [0.2, 0.25) is 0 Å². The fourth-order valence-corrected chi connectivity index (χ4v) is 0.660. The van der Waals surface area contributed by atoms with Crippen molar-refractivity contribution in [1.29, 1.82) is 0 Å². The molecule has 12 heavy (non-hydrogen) atoms. The Bertz CT molecular complexity index is 80.6. The summed E-state index contributed by atoms with van der Waals surface area (Å²) in [5, 5.41) is 2.75. The van der Waals surface area contributed by atoms with Crippen molar-refractivity contribution in [3.8, 4) is 0 Å². The van der Waals surface area contributed by atoms with Gasteiger partial charge in [0.15, 0.2) is 0 Å². The van der Waals surface area contributed by atoms with E-state index in [1.807, 2.05) is 27.9 Å². The van der Waals surface area contributed by atoms with Crippen molar-refractivity contribution in [3.05, 3.63) is 0 Å². The standard InChI is InChI=1S/C5H8O2.C2H7N.C2H6/c6-3-5-1-2-7-4-5;1-3-2;1-2/h3,5H,1-2,4H2;3H,1-2H3;1-2H3. The van der Waals surface area contributed by atoms with Crippen LogP contribution in [0.5, 0.6) is 0 Å². The van der Waals surface area contributed by atoms with E-state index in [0.717, 1.165) is 19.3 Å². The Hall–Kier alpha value is -0.410. The molecule has 0 aromatic rings. The summed E-state index contributed by atoms with van der Waals surface area (Å²) >= 11 is 0. The number of nitrogens with one attached hydrogen (secondary N) is 1. The van der Waals surface area contributed by atoms with Gasteiger partial charge in [-0.1, -0.05) is 13.8 Å². The van der Waals surface area contributed by atoms with Gasteiger partial charge in [-0.15, -0.1) is 0 Å². The number of ether oxygens (including phenoxy) is 1. The van der Waals surface area contributed by atoms with Gasteiger partial charge in [0, 0.05) is 12.5 Å². The van der Waals surface area contributed by atoms with Crippen LogP contribution in [0, 0.1) is 5.92 Å². The number of hydrogen-bond acceptors (Lipinski definition) is 3. The van der Waals surface area contributed by atoms with E-state index in [0.29, 0.717) is 6.61 Å². The van der Waals surface area contributed by atoms with Gasteiger partial charge in [-0.3, -0.25) is 0 Å². The average molecular weight is 175 g/mol. The van der Waals surface area contributed by atoms with E-state index in [4.69, 9.17) is 4.74 Å². The third kappa shape index (κ3) is 9.59. The number of hydrogen-bond donors (Lipinski definition) is 1. The van der Waals surface area contributed by atoms with E-state index < -0.39 is 0 Å². The second-order valence-electron chi connectivity index (χ2n) is 2.26. The summed E-state index contributed by atoms with van der Waals surface area (Å²) in [7, 11) is 3.75. The van der Waals surface area contributed by atoms with Crippen LogP contribution in [0.1, 0.15) is 20.3 Å². The van der Waals surface area contributed by atoms with Crippen molar-refractivity contribution in [2.24, 2.45) is 5.92 Å². The maximum Gasteiger partial charge on any atom is 0.125 e. The lowest BCUT2D eigenvalue weighted by Gasteiger charge is -1.88. The van der Waals surface area contributed by atoms with Crippen LogP contribution >= 0.6 is 0 Å². The predicted octanol–water partition coefficient (Wildman–Crippen LogP) is 1.08. The van der Waals surface area contributed by atoms with Gasteiger partial charge in [0.25, 0.3) is 0 Å². The molecule has 0 saturated carbocycles. The topological polar surface area (TPSA) is 38.3 Å². The molecular formula is C9H21NO2. The highest BCUT2D eigenvalue weighted by Gasteiger charge is 2.12. The Kier molecular flexibility index (Phi) is 15.5. The summed E-state index contributed by atoms with van der Waals surface area (Å²) in [5.41, 5.74) is 0. The van der Waals surface area contributed by atoms with Gasteiger partial charge in [-0.25, -0.2) is 0 Å². The van der Waals surface area contributed by atoms with Crippen LogP contribution in [0.4, 0.5) is 0 Å². The van der Waals surface area contributed by atoms with E-state index in [-0.39, 0.29) is 5.92 Å². The first-order valence-corrected chi connectivity index (χ1v) is 4.46. The van der Waals surface area contributed by atoms with Crippen LogP contribution in [-0.2, 0) is 9.53 Å². The molecule has 1 atom stereocenters. The second-order valence-corrected chi connectivity index (χ2v) is 2.26. The Morgan fingerprint density at radius 1 is 1.42 bits per heavy atom. The Labute approximate surface area is 75.5 Å². The van der Waals surface area contributed by atoms with E-state index >= 15 is 0 Å². The van der Waals surface area contributed by atoms with Crippen LogP contribution in [0.3, 0.4) is 0 Å². The Morgan fingerprint density at radius 3 is 2.08 bits per heavy atom. The zero-order chi connectivity index (χ0) is 9.82. The monoisotopic (exact) mass is 175 g/mol. The van der Waals surface area contributed by atoms with Crippen molar-refractivity contribution in [2.75, 3.05) is 27.3 Å². The molecule has 0 aliphatic carbocycles.